The van der Waals surface area contributed by atoms with Crippen LogP contribution in [0.25, 0.3) is 0 Å². The molecule has 1 heterocycles. The summed E-state index contributed by atoms with van der Waals surface area (Å²) in [4.78, 5) is 4.90. The van der Waals surface area contributed by atoms with Gasteiger partial charge in [-0.15, -0.1) is 0 Å². The Hall–Kier alpha value is -0.810. The maximum Gasteiger partial charge on any atom is 0.139 e. The minimum absolute atomic E-state index is 0.343. The monoisotopic (exact) mass is 228 g/mol. The molecule has 0 spiro atoms. The first kappa shape index (κ1) is 13.3. The third-order valence-corrected chi connectivity index (χ3v) is 3.10. The second-order valence-corrected chi connectivity index (χ2v) is 4.55. The number of likely N-dealkylation sites (N-methyl/N-ethyl adjacent to an activating group) is 1. The van der Waals surface area contributed by atoms with Crippen LogP contribution in [0.2, 0.25) is 0 Å². The number of hydrogen-bond donors (Lipinski definition) is 2. The fourth-order valence-electron chi connectivity index (χ4n) is 2.02. The zero-order chi connectivity index (χ0) is 11.8. The van der Waals surface area contributed by atoms with Crippen molar-refractivity contribution in [2.75, 3.05) is 39.8 Å². The largest absolute Gasteiger partial charge is 0.409 e. The summed E-state index contributed by atoms with van der Waals surface area (Å²) >= 11 is 0. The lowest BCUT2D eigenvalue weighted by Gasteiger charge is -2.19. The molecular formula is C11H24N4O. The molecule has 0 amide bonds. The molecule has 5 heteroatoms. The van der Waals surface area contributed by atoms with E-state index in [0.717, 1.165) is 19.4 Å². The highest BCUT2D eigenvalue weighted by molar-refractivity contribution is 5.79. The normalized spacial score (nSPS) is 20.9. The molecule has 94 valence electrons. The Morgan fingerprint density at radius 1 is 1.25 bits per heavy atom. The number of hydrogen-bond acceptors (Lipinski definition) is 4. The molecule has 0 aliphatic carbocycles. The van der Waals surface area contributed by atoms with E-state index in [2.05, 4.69) is 22.0 Å². The van der Waals surface area contributed by atoms with Crippen molar-refractivity contribution in [2.45, 2.75) is 25.7 Å². The molecule has 0 bridgehead atoms. The van der Waals surface area contributed by atoms with Crippen molar-refractivity contribution in [3.8, 4) is 0 Å². The lowest BCUT2D eigenvalue weighted by Crippen LogP contribution is -2.29. The highest BCUT2D eigenvalue weighted by Crippen LogP contribution is 2.04. The van der Waals surface area contributed by atoms with Crippen molar-refractivity contribution in [3.05, 3.63) is 0 Å². The van der Waals surface area contributed by atoms with Gasteiger partial charge in [0.2, 0.25) is 0 Å². The summed E-state index contributed by atoms with van der Waals surface area (Å²) in [5, 5.41) is 11.4. The maximum atomic E-state index is 8.40. The molecule has 3 N–H and O–H groups in total. The predicted molar refractivity (Wildman–Crippen MR) is 65.8 cm³/mol. The number of unbranched alkanes of at least 4 members (excludes halogenated alkanes) is 1. The summed E-state index contributed by atoms with van der Waals surface area (Å²) in [5.41, 5.74) is 5.42. The molecular weight excluding hydrogens is 204 g/mol. The van der Waals surface area contributed by atoms with Gasteiger partial charge in [-0.2, -0.15) is 0 Å². The maximum absolute atomic E-state index is 8.40. The van der Waals surface area contributed by atoms with E-state index in [4.69, 9.17) is 10.9 Å². The van der Waals surface area contributed by atoms with Crippen LogP contribution in [0.4, 0.5) is 0 Å². The summed E-state index contributed by atoms with van der Waals surface area (Å²) in [6, 6.07) is 0. The standard InChI is InChI=1S/C11H24N4O/c1-14-6-4-8-15(10-9-14)7-3-2-5-11(12)13-16/h16H,2-10H2,1H3,(H2,12,13). The second-order valence-electron chi connectivity index (χ2n) is 4.55. The Labute approximate surface area is 97.9 Å². The predicted octanol–water partition coefficient (Wildman–Crippen LogP) is 0.541. The van der Waals surface area contributed by atoms with Gasteiger partial charge in [-0.1, -0.05) is 5.16 Å². The Balaban J connectivity index is 2.08. The molecule has 1 aliphatic rings. The first-order valence-corrected chi connectivity index (χ1v) is 6.09. The van der Waals surface area contributed by atoms with Gasteiger partial charge in [0, 0.05) is 19.5 Å². The Morgan fingerprint density at radius 2 is 2.06 bits per heavy atom. The lowest BCUT2D eigenvalue weighted by molar-refractivity contribution is 0.271. The second kappa shape index (κ2) is 7.46. The van der Waals surface area contributed by atoms with E-state index in [9.17, 15) is 0 Å². The van der Waals surface area contributed by atoms with Crippen molar-refractivity contribution in [1.82, 2.24) is 9.80 Å². The summed E-state index contributed by atoms with van der Waals surface area (Å²) in [7, 11) is 2.18. The lowest BCUT2D eigenvalue weighted by atomic mass is 10.2. The average molecular weight is 228 g/mol. The fraction of sp³-hybridized carbons (Fsp3) is 0.909. The van der Waals surface area contributed by atoms with Gasteiger partial charge in [0.1, 0.15) is 5.84 Å². The van der Waals surface area contributed by atoms with Crippen LogP contribution in [-0.2, 0) is 0 Å². The van der Waals surface area contributed by atoms with E-state index in [1.54, 1.807) is 0 Å². The topological polar surface area (TPSA) is 65.1 Å². The Bertz CT molecular complexity index is 220. The SMILES string of the molecule is CN1CCCN(CCCC/C(N)=N/O)CC1. The van der Waals surface area contributed by atoms with E-state index in [1.807, 2.05) is 0 Å². The Morgan fingerprint density at radius 3 is 2.81 bits per heavy atom. The van der Waals surface area contributed by atoms with Crippen LogP contribution in [0.15, 0.2) is 5.16 Å². The van der Waals surface area contributed by atoms with Crippen LogP contribution in [0.1, 0.15) is 25.7 Å². The van der Waals surface area contributed by atoms with E-state index in [-0.39, 0.29) is 0 Å². The summed E-state index contributed by atoms with van der Waals surface area (Å²) in [5.74, 6) is 0.343. The first-order valence-electron chi connectivity index (χ1n) is 6.09. The number of amidine groups is 1. The first-order chi connectivity index (χ1) is 7.72. The molecule has 1 rings (SSSR count). The molecule has 1 aliphatic heterocycles. The van der Waals surface area contributed by atoms with Crippen LogP contribution < -0.4 is 5.73 Å². The van der Waals surface area contributed by atoms with E-state index >= 15 is 0 Å². The van der Waals surface area contributed by atoms with Crippen LogP contribution >= 0.6 is 0 Å². The van der Waals surface area contributed by atoms with Gasteiger partial charge >= 0.3 is 0 Å². The zero-order valence-electron chi connectivity index (χ0n) is 10.2. The van der Waals surface area contributed by atoms with Gasteiger partial charge in [-0.3, -0.25) is 0 Å². The van der Waals surface area contributed by atoms with Gasteiger partial charge in [0.05, 0.1) is 0 Å². The molecule has 0 radical (unpaired) electrons. The molecule has 0 saturated carbocycles. The number of nitrogens with zero attached hydrogens (tertiary/aromatic N) is 3. The third-order valence-electron chi connectivity index (χ3n) is 3.10. The molecule has 0 atom stereocenters. The van der Waals surface area contributed by atoms with Crippen molar-refractivity contribution >= 4 is 5.84 Å². The third kappa shape index (κ3) is 5.32. The summed E-state index contributed by atoms with van der Waals surface area (Å²) < 4.78 is 0. The van der Waals surface area contributed by atoms with Crippen molar-refractivity contribution in [1.29, 1.82) is 0 Å². The molecule has 1 fully saturated rings. The summed E-state index contributed by atoms with van der Waals surface area (Å²) in [6.07, 6.45) is 4.09. The molecule has 0 unspecified atom stereocenters. The number of nitrogens with two attached hydrogens (primary N) is 1. The smallest absolute Gasteiger partial charge is 0.139 e. The van der Waals surface area contributed by atoms with Gasteiger partial charge in [0.25, 0.3) is 0 Å². The average Bonchev–Trinajstić information content (AvgIpc) is 2.49. The van der Waals surface area contributed by atoms with Crippen LogP contribution in [0.5, 0.6) is 0 Å². The molecule has 16 heavy (non-hydrogen) atoms. The Kier molecular flexibility index (Phi) is 6.18. The van der Waals surface area contributed by atoms with E-state index in [1.165, 1.54) is 32.6 Å². The van der Waals surface area contributed by atoms with Crippen LogP contribution in [-0.4, -0.2) is 60.6 Å². The van der Waals surface area contributed by atoms with E-state index < -0.39 is 0 Å². The van der Waals surface area contributed by atoms with Crippen LogP contribution in [0.3, 0.4) is 0 Å². The van der Waals surface area contributed by atoms with Gasteiger partial charge in [-0.05, 0) is 45.9 Å². The van der Waals surface area contributed by atoms with Crippen molar-refractivity contribution < 1.29 is 5.21 Å². The molecule has 0 aromatic heterocycles. The van der Waals surface area contributed by atoms with Gasteiger partial charge in [-0.25, -0.2) is 0 Å². The number of oxime groups is 1. The minimum atomic E-state index is 0.343. The molecule has 0 aromatic carbocycles. The van der Waals surface area contributed by atoms with Gasteiger partial charge < -0.3 is 20.7 Å². The minimum Gasteiger partial charge on any atom is -0.409 e. The zero-order valence-corrected chi connectivity index (χ0v) is 10.2. The summed E-state index contributed by atoms with van der Waals surface area (Å²) in [6.45, 7) is 5.88. The quantitative estimate of drug-likeness (QED) is 0.237. The fourth-order valence-corrected chi connectivity index (χ4v) is 2.02. The van der Waals surface area contributed by atoms with Crippen molar-refractivity contribution in [3.63, 3.8) is 0 Å². The van der Waals surface area contributed by atoms with E-state index in [0.29, 0.717) is 12.3 Å². The van der Waals surface area contributed by atoms with Crippen molar-refractivity contribution in [2.24, 2.45) is 10.9 Å². The molecule has 5 nitrogen and oxygen atoms in total. The molecule has 0 aromatic rings. The highest BCUT2D eigenvalue weighted by Gasteiger charge is 2.11. The highest BCUT2D eigenvalue weighted by atomic mass is 16.4. The van der Waals surface area contributed by atoms with Gasteiger partial charge in [0.15, 0.2) is 0 Å². The van der Waals surface area contributed by atoms with Crippen LogP contribution in [0, 0.1) is 0 Å². The molecule has 1 saturated heterocycles. The number of rotatable bonds is 5.